The SMILES string of the molecule is C[C@H](CN)NC(=O)Cc1ccc2ccccc2c1.Cl. The van der Waals surface area contributed by atoms with Crippen LogP contribution in [0.2, 0.25) is 0 Å². The van der Waals surface area contributed by atoms with Crippen LogP contribution in [0.4, 0.5) is 0 Å². The Morgan fingerprint density at radius 2 is 1.89 bits per heavy atom. The molecule has 1 atom stereocenters. The summed E-state index contributed by atoms with van der Waals surface area (Å²) in [5.74, 6) is 0.0169. The largest absolute Gasteiger partial charge is 0.352 e. The molecule has 0 fully saturated rings. The molecule has 0 saturated heterocycles. The van der Waals surface area contributed by atoms with Crippen LogP contribution < -0.4 is 11.1 Å². The number of halogens is 1. The van der Waals surface area contributed by atoms with Gasteiger partial charge in [0.25, 0.3) is 0 Å². The standard InChI is InChI=1S/C15H18N2O.ClH/c1-11(10-16)17-15(18)9-12-6-7-13-4-2-3-5-14(13)8-12;/h2-8,11H,9-10,16H2,1H3,(H,17,18);1H/t11-;/m1./s1. The lowest BCUT2D eigenvalue weighted by Crippen LogP contribution is -2.38. The van der Waals surface area contributed by atoms with Crippen LogP contribution >= 0.6 is 12.4 Å². The van der Waals surface area contributed by atoms with Crippen molar-refractivity contribution < 1.29 is 4.79 Å². The third kappa shape index (κ3) is 4.23. The van der Waals surface area contributed by atoms with Crippen molar-refractivity contribution in [1.82, 2.24) is 5.32 Å². The zero-order chi connectivity index (χ0) is 13.0. The number of benzene rings is 2. The molecule has 2 aromatic rings. The fourth-order valence-corrected chi connectivity index (χ4v) is 1.92. The minimum absolute atomic E-state index is 0. The Balaban J connectivity index is 0.00000180. The summed E-state index contributed by atoms with van der Waals surface area (Å²) in [6.45, 7) is 2.36. The fraction of sp³-hybridized carbons (Fsp3) is 0.267. The average Bonchev–Trinajstić information content (AvgIpc) is 2.38. The van der Waals surface area contributed by atoms with E-state index in [2.05, 4.69) is 23.5 Å². The fourth-order valence-electron chi connectivity index (χ4n) is 1.92. The van der Waals surface area contributed by atoms with E-state index in [0.717, 1.165) is 10.9 Å². The van der Waals surface area contributed by atoms with Crippen molar-refractivity contribution in [1.29, 1.82) is 0 Å². The van der Waals surface area contributed by atoms with Crippen molar-refractivity contribution >= 4 is 29.1 Å². The van der Waals surface area contributed by atoms with Crippen LogP contribution in [0.25, 0.3) is 10.8 Å². The first kappa shape index (κ1) is 15.5. The lowest BCUT2D eigenvalue weighted by Gasteiger charge is -2.11. The van der Waals surface area contributed by atoms with Gasteiger partial charge >= 0.3 is 0 Å². The Morgan fingerprint density at radius 3 is 2.58 bits per heavy atom. The number of hydrogen-bond acceptors (Lipinski definition) is 2. The van der Waals surface area contributed by atoms with Crippen molar-refractivity contribution in [3.05, 3.63) is 48.0 Å². The molecule has 19 heavy (non-hydrogen) atoms. The molecule has 3 N–H and O–H groups in total. The van der Waals surface area contributed by atoms with E-state index in [1.54, 1.807) is 0 Å². The first-order chi connectivity index (χ1) is 8.69. The summed E-state index contributed by atoms with van der Waals surface area (Å²) in [5, 5.41) is 5.22. The molecule has 0 aliphatic carbocycles. The molecular formula is C15H19ClN2O. The lowest BCUT2D eigenvalue weighted by molar-refractivity contribution is -0.120. The van der Waals surface area contributed by atoms with Gasteiger partial charge in [0.15, 0.2) is 0 Å². The molecule has 2 aromatic carbocycles. The zero-order valence-corrected chi connectivity index (χ0v) is 11.7. The maximum atomic E-state index is 11.8. The maximum absolute atomic E-state index is 11.8. The molecule has 3 nitrogen and oxygen atoms in total. The first-order valence-corrected chi connectivity index (χ1v) is 6.16. The van der Waals surface area contributed by atoms with Gasteiger partial charge in [-0.25, -0.2) is 0 Å². The molecular weight excluding hydrogens is 260 g/mol. The van der Waals surface area contributed by atoms with Gasteiger partial charge in [-0.3, -0.25) is 4.79 Å². The van der Waals surface area contributed by atoms with E-state index in [9.17, 15) is 4.79 Å². The summed E-state index contributed by atoms with van der Waals surface area (Å²) < 4.78 is 0. The number of carbonyl (C=O) groups excluding carboxylic acids is 1. The normalized spacial score (nSPS) is 11.7. The van der Waals surface area contributed by atoms with E-state index in [0.29, 0.717) is 13.0 Å². The van der Waals surface area contributed by atoms with Gasteiger partial charge in [0, 0.05) is 12.6 Å². The van der Waals surface area contributed by atoms with Crippen LogP contribution in [0.5, 0.6) is 0 Å². The molecule has 0 heterocycles. The highest BCUT2D eigenvalue weighted by Crippen LogP contribution is 2.15. The van der Waals surface area contributed by atoms with Crippen LogP contribution in [-0.2, 0) is 11.2 Å². The highest BCUT2D eigenvalue weighted by Gasteiger charge is 2.07. The van der Waals surface area contributed by atoms with Gasteiger partial charge < -0.3 is 11.1 Å². The number of hydrogen-bond donors (Lipinski definition) is 2. The van der Waals surface area contributed by atoms with Gasteiger partial charge in [0.2, 0.25) is 5.91 Å². The van der Waals surface area contributed by atoms with Crippen molar-refractivity contribution in [2.75, 3.05) is 6.54 Å². The first-order valence-electron chi connectivity index (χ1n) is 6.16. The molecule has 0 aromatic heterocycles. The number of nitrogens with two attached hydrogens (primary N) is 1. The van der Waals surface area contributed by atoms with E-state index in [1.165, 1.54) is 5.39 Å². The Kier molecular flexibility index (Phi) is 5.80. The molecule has 0 unspecified atom stereocenters. The summed E-state index contributed by atoms with van der Waals surface area (Å²) in [4.78, 5) is 11.8. The minimum atomic E-state index is 0. The van der Waals surface area contributed by atoms with Gasteiger partial charge in [-0.05, 0) is 23.3 Å². The molecule has 102 valence electrons. The molecule has 0 aliphatic heterocycles. The molecule has 0 spiro atoms. The van der Waals surface area contributed by atoms with Crippen molar-refractivity contribution in [2.45, 2.75) is 19.4 Å². The predicted octanol–water partition coefficient (Wildman–Crippen LogP) is 2.27. The highest BCUT2D eigenvalue weighted by molar-refractivity contribution is 5.86. The summed E-state index contributed by atoms with van der Waals surface area (Å²) >= 11 is 0. The van der Waals surface area contributed by atoms with Gasteiger partial charge in [-0.1, -0.05) is 42.5 Å². The monoisotopic (exact) mass is 278 g/mol. The van der Waals surface area contributed by atoms with Crippen molar-refractivity contribution in [3.63, 3.8) is 0 Å². The molecule has 1 amide bonds. The third-order valence-corrected chi connectivity index (χ3v) is 2.94. The van der Waals surface area contributed by atoms with Crippen LogP contribution in [0, 0.1) is 0 Å². The van der Waals surface area contributed by atoms with Crippen LogP contribution in [0.1, 0.15) is 12.5 Å². The molecule has 0 saturated carbocycles. The molecule has 0 radical (unpaired) electrons. The molecule has 4 heteroatoms. The second-order valence-electron chi connectivity index (χ2n) is 4.56. The number of amides is 1. The summed E-state index contributed by atoms with van der Waals surface area (Å²) in [7, 11) is 0. The van der Waals surface area contributed by atoms with Gasteiger partial charge in [0.05, 0.1) is 6.42 Å². The molecule has 2 rings (SSSR count). The average molecular weight is 279 g/mol. The maximum Gasteiger partial charge on any atom is 0.224 e. The lowest BCUT2D eigenvalue weighted by atomic mass is 10.0. The van der Waals surface area contributed by atoms with Gasteiger partial charge in [-0.2, -0.15) is 0 Å². The topological polar surface area (TPSA) is 55.1 Å². The quantitative estimate of drug-likeness (QED) is 0.901. The van der Waals surface area contributed by atoms with Crippen molar-refractivity contribution in [3.8, 4) is 0 Å². The zero-order valence-electron chi connectivity index (χ0n) is 10.9. The van der Waals surface area contributed by atoms with Crippen LogP contribution in [0.15, 0.2) is 42.5 Å². The Morgan fingerprint density at radius 1 is 1.21 bits per heavy atom. The summed E-state index contributed by atoms with van der Waals surface area (Å²) in [6, 6.07) is 14.3. The Labute approximate surface area is 119 Å². The van der Waals surface area contributed by atoms with E-state index in [-0.39, 0.29) is 24.4 Å². The second-order valence-corrected chi connectivity index (χ2v) is 4.56. The van der Waals surface area contributed by atoms with Crippen LogP contribution in [0.3, 0.4) is 0 Å². The summed E-state index contributed by atoms with van der Waals surface area (Å²) in [6.07, 6.45) is 0.398. The minimum Gasteiger partial charge on any atom is -0.352 e. The predicted molar refractivity (Wildman–Crippen MR) is 81.6 cm³/mol. The number of nitrogens with one attached hydrogen (secondary N) is 1. The highest BCUT2D eigenvalue weighted by atomic mass is 35.5. The second kappa shape index (κ2) is 7.12. The van der Waals surface area contributed by atoms with E-state index in [4.69, 9.17) is 5.73 Å². The smallest absolute Gasteiger partial charge is 0.224 e. The third-order valence-electron chi connectivity index (χ3n) is 2.94. The number of fused-ring (bicyclic) bond motifs is 1. The Hall–Kier alpha value is -1.58. The number of carbonyl (C=O) groups is 1. The van der Waals surface area contributed by atoms with E-state index < -0.39 is 0 Å². The Bertz CT molecular complexity index is 557. The van der Waals surface area contributed by atoms with Crippen molar-refractivity contribution in [2.24, 2.45) is 5.73 Å². The van der Waals surface area contributed by atoms with Crippen LogP contribution in [-0.4, -0.2) is 18.5 Å². The molecule has 0 aliphatic rings. The number of rotatable bonds is 4. The van der Waals surface area contributed by atoms with Gasteiger partial charge in [0.1, 0.15) is 0 Å². The summed E-state index contributed by atoms with van der Waals surface area (Å²) in [5.41, 5.74) is 6.50. The van der Waals surface area contributed by atoms with E-state index >= 15 is 0 Å². The molecule has 0 bridgehead atoms. The van der Waals surface area contributed by atoms with Gasteiger partial charge in [-0.15, -0.1) is 12.4 Å². The van der Waals surface area contributed by atoms with E-state index in [1.807, 2.05) is 31.2 Å².